The van der Waals surface area contributed by atoms with Crippen molar-refractivity contribution in [3.8, 4) is 0 Å². The van der Waals surface area contributed by atoms with Crippen molar-refractivity contribution in [1.82, 2.24) is 4.90 Å². The quantitative estimate of drug-likeness (QED) is 0.823. The fourth-order valence-corrected chi connectivity index (χ4v) is 1.35. The molecule has 102 valence electrons. The molecule has 0 fully saturated rings. The number of furan rings is 1. The highest BCUT2D eigenvalue weighted by molar-refractivity contribution is 5.91. The van der Waals surface area contributed by atoms with Crippen LogP contribution in [0.5, 0.6) is 0 Å². The highest BCUT2D eigenvalue weighted by Crippen LogP contribution is 2.18. The number of aliphatic hydroxyl groups excluding tert-OH is 1. The Morgan fingerprint density at radius 3 is 2.56 bits per heavy atom. The summed E-state index contributed by atoms with van der Waals surface area (Å²) in [7, 11) is 0. The average Bonchev–Trinajstić information content (AvgIpc) is 2.74. The Morgan fingerprint density at radius 1 is 1.44 bits per heavy atom. The molecule has 5 nitrogen and oxygen atoms in total. The van der Waals surface area contributed by atoms with Gasteiger partial charge in [-0.25, -0.2) is 0 Å². The van der Waals surface area contributed by atoms with Crippen molar-refractivity contribution in [3.05, 3.63) is 23.7 Å². The molecule has 8 heteroatoms. The van der Waals surface area contributed by atoms with E-state index in [1.807, 2.05) is 0 Å². The second-order valence-corrected chi connectivity index (χ2v) is 3.54. The number of halogens is 3. The van der Waals surface area contributed by atoms with E-state index in [9.17, 15) is 18.0 Å². The van der Waals surface area contributed by atoms with Crippen LogP contribution in [0.2, 0.25) is 0 Å². The van der Waals surface area contributed by atoms with E-state index in [0.717, 1.165) is 0 Å². The zero-order valence-electron chi connectivity index (χ0n) is 9.41. The monoisotopic (exact) mass is 266 g/mol. The summed E-state index contributed by atoms with van der Waals surface area (Å²) in [5.41, 5.74) is 5.26. The summed E-state index contributed by atoms with van der Waals surface area (Å²) in [6.45, 7) is -2.37. The van der Waals surface area contributed by atoms with Gasteiger partial charge in [0, 0.05) is 6.54 Å². The molecule has 0 aliphatic heterocycles. The van der Waals surface area contributed by atoms with Crippen molar-refractivity contribution in [2.75, 3.05) is 19.7 Å². The predicted octanol–water partition coefficient (Wildman–Crippen LogP) is 0.735. The van der Waals surface area contributed by atoms with E-state index < -0.39 is 31.8 Å². The fourth-order valence-electron chi connectivity index (χ4n) is 1.35. The number of hydrogen-bond donors (Lipinski definition) is 2. The van der Waals surface area contributed by atoms with E-state index in [4.69, 9.17) is 15.3 Å². The Hall–Kier alpha value is -1.54. The molecule has 1 heterocycles. The third-order valence-corrected chi connectivity index (χ3v) is 2.10. The standard InChI is InChI=1S/C10H13F3N2O3/c11-10(12,13)6-15(3-4-16)9(17)8-2-1-7(5-14)18-8/h1-2,16H,3-6,14H2. The lowest BCUT2D eigenvalue weighted by Gasteiger charge is -2.21. The van der Waals surface area contributed by atoms with E-state index in [2.05, 4.69) is 0 Å². The number of hydrogen-bond acceptors (Lipinski definition) is 4. The van der Waals surface area contributed by atoms with Gasteiger partial charge in [0.2, 0.25) is 0 Å². The van der Waals surface area contributed by atoms with Gasteiger partial charge < -0.3 is 20.2 Å². The molecule has 0 aliphatic rings. The number of aliphatic hydroxyl groups is 1. The van der Waals surface area contributed by atoms with Gasteiger partial charge in [-0.15, -0.1) is 0 Å². The topological polar surface area (TPSA) is 79.7 Å². The van der Waals surface area contributed by atoms with Crippen molar-refractivity contribution in [3.63, 3.8) is 0 Å². The summed E-state index contributed by atoms with van der Waals surface area (Å²) in [6, 6.07) is 2.67. The maximum absolute atomic E-state index is 12.3. The van der Waals surface area contributed by atoms with Crippen LogP contribution in [-0.4, -0.2) is 41.8 Å². The molecule has 0 radical (unpaired) electrons. The lowest BCUT2D eigenvalue weighted by atomic mass is 10.3. The van der Waals surface area contributed by atoms with E-state index in [1.165, 1.54) is 12.1 Å². The van der Waals surface area contributed by atoms with Gasteiger partial charge in [-0.1, -0.05) is 0 Å². The van der Waals surface area contributed by atoms with Crippen molar-refractivity contribution in [2.24, 2.45) is 5.73 Å². The molecule has 18 heavy (non-hydrogen) atoms. The van der Waals surface area contributed by atoms with Crippen LogP contribution in [0.15, 0.2) is 16.5 Å². The first-order chi connectivity index (χ1) is 8.37. The molecular formula is C10H13F3N2O3. The summed E-state index contributed by atoms with van der Waals surface area (Å²) in [6.07, 6.45) is -4.53. The van der Waals surface area contributed by atoms with Gasteiger partial charge in [0.05, 0.1) is 13.2 Å². The highest BCUT2D eigenvalue weighted by Gasteiger charge is 2.33. The Balaban J connectivity index is 2.81. The molecular weight excluding hydrogens is 253 g/mol. The third-order valence-electron chi connectivity index (χ3n) is 2.10. The molecule has 3 N–H and O–H groups in total. The minimum absolute atomic E-state index is 0.0482. The third kappa shape index (κ3) is 4.04. The molecule has 0 aliphatic carbocycles. The van der Waals surface area contributed by atoms with Crippen molar-refractivity contribution >= 4 is 5.91 Å². The smallest absolute Gasteiger partial charge is 0.406 e. The predicted molar refractivity (Wildman–Crippen MR) is 55.6 cm³/mol. The van der Waals surface area contributed by atoms with E-state index in [0.29, 0.717) is 10.7 Å². The van der Waals surface area contributed by atoms with Gasteiger partial charge >= 0.3 is 6.18 Å². The number of nitrogens with two attached hydrogens (primary N) is 1. The maximum atomic E-state index is 12.3. The summed E-state index contributed by atoms with van der Waals surface area (Å²) in [5, 5.41) is 8.67. The first kappa shape index (κ1) is 14.5. The molecule has 1 rings (SSSR count). The first-order valence-corrected chi connectivity index (χ1v) is 5.13. The number of nitrogens with zero attached hydrogens (tertiary/aromatic N) is 1. The van der Waals surface area contributed by atoms with Crippen molar-refractivity contribution < 1.29 is 27.5 Å². The Labute approximate surface area is 101 Å². The molecule has 0 spiro atoms. The highest BCUT2D eigenvalue weighted by atomic mass is 19.4. The van der Waals surface area contributed by atoms with Crippen LogP contribution in [0.1, 0.15) is 16.3 Å². The Bertz CT molecular complexity index is 403. The van der Waals surface area contributed by atoms with Crippen molar-refractivity contribution in [2.45, 2.75) is 12.7 Å². The summed E-state index contributed by atoms with van der Waals surface area (Å²) in [4.78, 5) is 12.2. The van der Waals surface area contributed by atoms with Gasteiger partial charge in [0.1, 0.15) is 12.3 Å². The van der Waals surface area contributed by atoms with Gasteiger partial charge in [0.25, 0.3) is 5.91 Å². The molecule has 1 aromatic rings. The average molecular weight is 266 g/mol. The minimum Gasteiger partial charge on any atom is -0.455 e. The lowest BCUT2D eigenvalue weighted by molar-refractivity contribution is -0.141. The lowest BCUT2D eigenvalue weighted by Crippen LogP contribution is -2.40. The second-order valence-electron chi connectivity index (χ2n) is 3.54. The summed E-state index contributed by atoms with van der Waals surface area (Å²) >= 11 is 0. The van der Waals surface area contributed by atoms with Crippen LogP contribution in [0.25, 0.3) is 0 Å². The number of rotatable bonds is 5. The molecule has 0 saturated carbocycles. The molecule has 0 atom stereocenters. The van der Waals surface area contributed by atoms with E-state index >= 15 is 0 Å². The molecule has 0 saturated heterocycles. The largest absolute Gasteiger partial charge is 0.455 e. The summed E-state index contributed by atoms with van der Waals surface area (Å²) in [5.74, 6) is -0.858. The molecule has 1 aromatic heterocycles. The van der Waals surface area contributed by atoms with E-state index in [1.54, 1.807) is 0 Å². The first-order valence-electron chi connectivity index (χ1n) is 5.13. The number of carbonyl (C=O) groups excluding carboxylic acids is 1. The van der Waals surface area contributed by atoms with Crippen LogP contribution in [0, 0.1) is 0 Å². The van der Waals surface area contributed by atoms with Crippen LogP contribution in [-0.2, 0) is 6.54 Å². The van der Waals surface area contributed by atoms with Crippen LogP contribution >= 0.6 is 0 Å². The zero-order chi connectivity index (χ0) is 13.8. The van der Waals surface area contributed by atoms with E-state index in [-0.39, 0.29) is 12.3 Å². The molecule has 1 amide bonds. The Kier molecular flexibility index (Phi) is 4.74. The second kappa shape index (κ2) is 5.87. The molecule has 0 unspecified atom stereocenters. The molecule has 0 bridgehead atoms. The van der Waals surface area contributed by atoms with Gasteiger partial charge in [0.15, 0.2) is 5.76 Å². The number of alkyl halides is 3. The normalized spacial score (nSPS) is 11.6. The van der Waals surface area contributed by atoms with Gasteiger partial charge in [-0.05, 0) is 12.1 Å². The maximum Gasteiger partial charge on any atom is 0.406 e. The Morgan fingerprint density at radius 2 is 2.11 bits per heavy atom. The van der Waals surface area contributed by atoms with Crippen LogP contribution in [0.4, 0.5) is 13.2 Å². The minimum atomic E-state index is -4.53. The van der Waals surface area contributed by atoms with Gasteiger partial charge in [-0.2, -0.15) is 13.2 Å². The van der Waals surface area contributed by atoms with Crippen LogP contribution in [0.3, 0.4) is 0 Å². The van der Waals surface area contributed by atoms with Gasteiger partial charge in [-0.3, -0.25) is 4.79 Å². The summed E-state index contributed by atoms with van der Waals surface area (Å²) < 4.78 is 41.7. The fraction of sp³-hybridized carbons (Fsp3) is 0.500. The SMILES string of the molecule is NCc1ccc(C(=O)N(CCO)CC(F)(F)F)o1. The molecule has 0 aromatic carbocycles. The zero-order valence-corrected chi connectivity index (χ0v) is 9.41. The van der Waals surface area contributed by atoms with Crippen molar-refractivity contribution in [1.29, 1.82) is 0 Å². The van der Waals surface area contributed by atoms with Crippen LogP contribution < -0.4 is 5.73 Å². The number of amides is 1. The number of carbonyl (C=O) groups is 1.